The minimum atomic E-state index is -0.990. The van der Waals surface area contributed by atoms with E-state index in [0.717, 1.165) is 11.1 Å². The fourth-order valence-corrected chi connectivity index (χ4v) is 3.00. The van der Waals surface area contributed by atoms with E-state index in [1.807, 2.05) is 45.9 Å². The fourth-order valence-electron chi connectivity index (χ4n) is 3.00. The van der Waals surface area contributed by atoms with Gasteiger partial charge in [0, 0.05) is 12.0 Å². The number of carboxylic acids is 1. The van der Waals surface area contributed by atoms with Gasteiger partial charge < -0.3 is 19.3 Å². The van der Waals surface area contributed by atoms with Crippen molar-refractivity contribution in [3.05, 3.63) is 58.7 Å². The van der Waals surface area contributed by atoms with Crippen molar-refractivity contribution in [1.29, 1.82) is 0 Å². The van der Waals surface area contributed by atoms with Crippen LogP contribution in [0, 0.1) is 25.7 Å². The third-order valence-corrected chi connectivity index (χ3v) is 4.12. The Morgan fingerprint density at radius 1 is 1.07 bits per heavy atom. The second-order valence-electron chi connectivity index (χ2n) is 7.17. The average molecular weight is 396 g/mol. The van der Waals surface area contributed by atoms with Crippen molar-refractivity contribution >= 4 is 5.97 Å². The lowest BCUT2D eigenvalue weighted by molar-refractivity contribution is -0.153. The van der Waals surface area contributed by atoms with Crippen molar-refractivity contribution in [2.75, 3.05) is 13.7 Å². The Bertz CT molecular complexity index is 885. The largest absolute Gasteiger partial charge is 0.493 e. The molecule has 0 aliphatic rings. The van der Waals surface area contributed by atoms with E-state index in [9.17, 15) is 9.90 Å². The molecule has 2 aromatic carbocycles. The quantitative estimate of drug-likeness (QED) is 0.679. The average Bonchev–Trinajstić information content (AvgIpc) is 2.63. The SMILES string of the molecule is COc1ccc(CC(OC(C)C)C(=O)O)cc1OCC#Cc1cc(C)cc(C)c1. The Balaban J connectivity index is 2.10. The van der Waals surface area contributed by atoms with Crippen molar-refractivity contribution in [2.45, 2.75) is 46.3 Å². The van der Waals surface area contributed by atoms with Crippen molar-refractivity contribution in [1.82, 2.24) is 0 Å². The molecule has 0 amide bonds. The van der Waals surface area contributed by atoms with Crippen LogP contribution in [0.3, 0.4) is 0 Å². The molecule has 154 valence electrons. The minimum Gasteiger partial charge on any atom is -0.493 e. The molecule has 2 rings (SSSR count). The van der Waals surface area contributed by atoms with Crippen LogP contribution < -0.4 is 9.47 Å². The number of benzene rings is 2. The fraction of sp³-hybridized carbons (Fsp3) is 0.375. The molecule has 0 radical (unpaired) electrons. The highest BCUT2D eigenvalue weighted by molar-refractivity contribution is 5.72. The molecule has 2 aromatic rings. The van der Waals surface area contributed by atoms with E-state index in [1.165, 1.54) is 11.1 Å². The van der Waals surface area contributed by atoms with Crippen LogP contribution in [-0.2, 0) is 16.0 Å². The number of hydrogen-bond acceptors (Lipinski definition) is 4. The highest BCUT2D eigenvalue weighted by Crippen LogP contribution is 2.28. The molecule has 0 aliphatic heterocycles. The summed E-state index contributed by atoms with van der Waals surface area (Å²) in [7, 11) is 1.56. The van der Waals surface area contributed by atoms with Gasteiger partial charge >= 0.3 is 5.97 Å². The standard InChI is InChI=1S/C24H28O5/c1-16(2)29-23(24(25)26)15-20-8-9-21(27-5)22(14-20)28-10-6-7-19-12-17(3)11-18(4)13-19/h8-9,11-14,16,23H,10,15H2,1-5H3,(H,25,26). The van der Waals surface area contributed by atoms with E-state index < -0.39 is 12.1 Å². The van der Waals surface area contributed by atoms with E-state index in [2.05, 4.69) is 17.9 Å². The lowest BCUT2D eigenvalue weighted by atomic mass is 10.1. The van der Waals surface area contributed by atoms with Crippen LogP contribution in [0.5, 0.6) is 11.5 Å². The summed E-state index contributed by atoms with van der Waals surface area (Å²) in [6, 6.07) is 11.5. The molecule has 5 nitrogen and oxygen atoms in total. The van der Waals surface area contributed by atoms with Crippen LogP contribution in [0.4, 0.5) is 0 Å². The topological polar surface area (TPSA) is 65.0 Å². The van der Waals surface area contributed by atoms with Crippen molar-refractivity contribution in [3.8, 4) is 23.3 Å². The minimum absolute atomic E-state index is 0.175. The number of carboxylic acid groups (broad SMARTS) is 1. The number of carbonyl (C=O) groups is 1. The monoisotopic (exact) mass is 396 g/mol. The van der Waals surface area contributed by atoms with Gasteiger partial charge in [-0.25, -0.2) is 4.79 Å². The predicted octanol–water partition coefficient (Wildman–Crippen LogP) is 4.16. The summed E-state index contributed by atoms with van der Waals surface area (Å²) in [4.78, 5) is 11.4. The highest BCUT2D eigenvalue weighted by Gasteiger charge is 2.21. The van der Waals surface area contributed by atoms with Crippen LogP contribution in [-0.4, -0.2) is 37.0 Å². The van der Waals surface area contributed by atoms with E-state index in [0.29, 0.717) is 11.5 Å². The summed E-state index contributed by atoms with van der Waals surface area (Å²) < 4.78 is 16.6. The highest BCUT2D eigenvalue weighted by atomic mass is 16.5. The summed E-state index contributed by atoms with van der Waals surface area (Å²) in [5.74, 6) is 6.22. The van der Waals surface area contributed by atoms with Gasteiger partial charge in [0.1, 0.15) is 6.61 Å². The Labute approximate surface area is 172 Å². The van der Waals surface area contributed by atoms with E-state index in [4.69, 9.17) is 14.2 Å². The van der Waals surface area contributed by atoms with Gasteiger partial charge in [0.05, 0.1) is 13.2 Å². The van der Waals surface area contributed by atoms with Crippen LogP contribution in [0.25, 0.3) is 0 Å². The first-order valence-corrected chi connectivity index (χ1v) is 9.53. The maximum atomic E-state index is 11.4. The van der Waals surface area contributed by atoms with Gasteiger partial charge in [-0.05, 0) is 68.7 Å². The zero-order chi connectivity index (χ0) is 21.4. The third kappa shape index (κ3) is 7.17. The molecule has 0 heterocycles. The third-order valence-electron chi connectivity index (χ3n) is 4.12. The summed E-state index contributed by atoms with van der Waals surface area (Å²) in [5.41, 5.74) is 4.07. The van der Waals surface area contributed by atoms with E-state index >= 15 is 0 Å². The molecule has 0 fully saturated rings. The van der Waals surface area contributed by atoms with Gasteiger partial charge in [-0.3, -0.25) is 0 Å². The molecule has 1 N–H and O–H groups in total. The van der Waals surface area contributed by atoms with Gasteiger partial charge in [0.25, 0.3) is 0 Å². The second kappa shape index (κ2) is 10.5. The first kappa shape index (κ1) is 22.3. The lowest BCUT2D eigenvalue weighted by Crippen LogP contribution is -2.29. The Morgan fingerprint density at radius 3 is 2.34 bits per heavy atom. The molecule has 0 spiro atoms. The van der Waals surface area contributed by atoms with Crippen LogP contribution in [0.2, 0.25) is 0 Å². The van der Waals surface area contributed by atoms with Gasteiger partial charge in [0.2, 0.25) is 0 Å². The number of aryl methyl sites for hydroxylation is 2. The van der Waals surface area contributed by atoms with E-state index in [-0.39, 0.29) is 19.1 Å². The normalized spacial score (nSPS) is 11.5. The van der Waals surface area contributed by atoms with Crippen LogP contribution in [0.1, 0.15) is 36.1 Å². The molecule has 5 heteroatoms. The lowest BCUT2D eigenvalue weighted by Gasteiger charge is -2.17. The first-order valence-electron chi connectivity index (χ1n) is 9.53. The second-order valence-corrected chi connectivity index (χ2v) is 7.17. The van der Waals surface area contributed by atoms with Crippen molar-refractivity contribution in [3.63, 3.8) is 0 Å². The number of hydrogen-bond donors (Lipinski definition) is 1. The number of ether oxygens (including phenoxy) is 3. The Kier molecular flexibility index (Phi) is 8.11. The maximum Gasteiger partial charge on any atom is 0.333 e. The smallest absolute Gasteiger partial charge is 0.333 e. The number of methoxy groups -OCH3 is 1. The molecule has 0 bridgehead atoms. The molecular weight excluding hydrogens is 368 g/mol. The predicted molar refractivity (Wildman–Crippen MR) is 113 cm³/mol. The molecule has 0 saturated carbocycles. The molecule has 0 saturated heterocycles. The first-order chi connectivity index (χ1) is 13.8. The zero-order valence-corrected chi connectivity index (χ0v) is 17.6. The van der Waals surface area contributed by atoms with Gasteiger partial charge in [0.15, 0.2) is 17.6 Å². The van der Waals surface area contributed by atoms with Gasteiger partial charge in [-0.15, -0.1) is 0 Å². The van der Waals surface area contributed by atoms with Crippen LogP contribution in [0.15, 0.2) is 36.4 Å². The van der Waals surface area contributed by atoms with Gasteiger partial charge in [-0.1, -0.05) is 24.0 Å². The summed E-state index contributed by atoms with van der Waals surface area (Å²) in [6.45, 7) is 7.90. The Morgan fingerprint density at radius 2 is 1.76 bits per heavy atom. The number of aliphatic carboxylic acids is 1. The maximum absolute atomic E-state index is 11.4. The summed E-state index contributed by atoms with van der Waals surface area (Å²) in [6.07, 6.45) is -0.853. The van der Waals surface area contributed by atoms with Crippen molar-refractivity contribution in [2.24, 2.45) is 0 Å². The Hall–Kier alpha value is -2.97. The molecule has 0 aromatic heterocycles. The molecule has 1 unspecified atom stereocenters. The van der Waals surface area contributed by atoms with Crippen LogP contribution >= 0.6 is 0 Å². The molecular formula is C24H28O5. The van der Waals surface area contributed by atoms with E-state index in [1.54, 1.807) is 19.2 Å². The van der Waals surface area contributed by atoms with Gasteiger partial charge in [-0.2, -0.15) is 0 Å². The number of rotatable bonds is 8. The summed E-state index contributed by atoms with van der Waals surface area (Å²) >= 11 is 0. The molecule has 29 heavy (non-hydrogen) atoms. The molecule has 0 aliphatic carbocycles. The summed E-state index contributed by atoms with van der Waals surface area (Å²) in [5, 5.41) is 9.37. The molecule has 1 atom stereocenters. The van der Waals surface area contributed by atoms with Crippen molar-refractivity contribution < 1.29 is 24.1 Å². The zero-order valence-electron chi connectivity index (χ0n) is 17.6.